The molecule has 0 atom stereocenters. The van der Waals surface area contributed by atoms with Crippen molar-refractivity contribution in [1.29, 1.82) is 0 Å². The van der Waals surface area contributed by atoms with Crippen LogP contribution in [0.1, 0.15) is 24.1 Å². The first-order valence-electron chi connectivity index (χ1n) is 5.78. The molecule has 0 radical (unpaired) electrons. The number of hydrogen-bond acceptors (Lipinski definition) is 5. The molecule has 2 N–H and O–H groups in total. The Morgan fingerprint density at radius 1 is 1.38 bits per heavy atom. The molecule has 1 fully saturated rings. The maximum absolute atomic E-state index is 5.34. The Hall–Kier alpha value is -1.36. The van der Waals surface area contributed by atoms with Gasteiger partial charge in [-0.05, 0) is 25.8 Å². The highest BCUT2D eigenvalue weighted by molar-refractivity contribution is 5.40. The molecule has 5 nitrogen and oxygen atoms in total. The standard InChI is InChI=1S/C11H16N4O/c1-16-10-8-4-5-12-6-9(8)14-11(15-10)13-7-2-3-7/h7,12H,2-6H2,1H3,(H,13,14,15). The third-order valence-corrected chi connectivity index (χ3v) is 3.00. The molecule has 1 aromatic heterocycles. The summed E-state index contributed by atoms with van der Waals surface area (Å²) in [6, 6.07) is 0.569. The van der Waals surface area contributed by atoms with Crippen LogP contribution in [0, 0.1) is 0 Å². The number of methoxy groups -OCH3 is 1. The van der Waals surface area contributed by atoms with Crippen LogP contribution >= 0.6 is 0 Å². The molecule has 16 heavy (non-hydrogen) atoms. The maximum Gasteiger partial charge on any atom is 0.226 e. The van der Waals surface area contributed by atoms with E-state index < -0.39 is 0 Å². The Kier molecular flexibility index (Phi) is 2.40. The largest absolute Gasteiger partial charge is 0.481 e. The lowest BCUT2D eigenvalue weighted by molar-refractivity contribution is 0.387. The molecule has 0 unspecified atom stereocenters. The Morgan fingerprint density at radius 3 is 3.00 bits per heavy atom. The van der Waals surface area contributed by atoms with Gasteiger partial charge in [0, 0.05) is 18.2 Å². The van der Waals surface area contributed by atoms with Crippen molar-refractivity contribution in [3.05, 3.63) is 11.3 Å². The lowest BCUT2D eigenvalue weighted by atomic mass is 10.1. The van der Waals surface area contributed by atoms with E-state index in [-0.39, 0.29) is 0 Å². The van der Waals surface area contributed by atoms with Crippen molar-refractivity contribution in [3.8, 4) is 5.88 Å². The Labute approximate surface area is 94.6 Å². The Bertz CT molecular complexity index is 386. The van der Waals surface area contributed by atoms with E-state index in [4.69, 9.17) is 4.74 Å². The van der Waals surface area contributed by atoms with E-state index in [9.17, 15) is 0 Å². The van der Waals surface area contributed by atoms with Crippen LogP contribution in [0.25, 0.3) is 0 Å². The first-order valence-corrected chi connectivity index (χ1v) is 5.78. The lowest BCUT2D eigenvalue weighted by Crippen LogP contribution is -2.26. The number of hydrogen-bond donors (Lipinski definition) is 2. The van der Waals surface area contributed by atoms with E-state index in [1.165, 1.54) is 12.8 Å². The van der Waals surface area contributed by atoms with Crippen LogP contribution in [-0.2, 0) is 13.0 Å². The van der Waals surface area contributed by atoms with Gasteiger partial charge >= 0.3 is 0 Å². The van der Waals surface area contributed by atoms with Crippen molar-refractivity contribution >= 4 is 5.95 Å². The fraction of sp³-hybridized carbons (Fsp3) is 0.636. The molecule has 2 heterocycles. The number of ether oxygens (including phenoxy) is 1. The first-order chi connectivity index (χ1) is 7.86. The summed E-state index contributed by atoms with van der Waals surface area (Å²) in [6.45, 7) is 1.79. The molecule has 0 aromatic carbocycles. The number of fused-ring (bicyclic) bond motifs is 1. The van der Waals surface area contributed by atoms with Crippen LogP contribution in [0.3, 0.4) is 0 Å². The second kappa shape index (κ2) is 3.90. The van der Waals surface area contributed by atoms with Gasteiger partial charge in [0.2, 0.25) is 11.8 Å². The van der Waals surface area contributed by atoms with Crippen molar-refractivity contribution in [2.75, 3.05) is 19.0 Å². The summed E-state index contributed by atoms with van der Waals surface area (Å²) < 4.78 is 5.34. The van der Waals surface area contributed by atoms with Crippen LogP contribution < -0.4 is 15.4 Å². The molecule has 3 rings (SSSR count). The zero-order valence-corrected chi connectivity index (χ0v) is 9.42. The lowest BCUT2D eigenvalue weighted by Gasteiger charge is -2.19. The van der Waals surface area contributed by atoms with Gasteiger partial charge in [-0.1, -0.05) is 0 Å². The molecule has 1 aromatic rings. The van der Waals surface area contributed by atoms with Gasteiger partial charge in [0.05, 0.1) is 12.8 Å². The average Bonchev–Trinajstić information content (AvgIpc) is 3.12. The highest BCUT2D eigenvalue weighted by atomic mass is 16.5. The second-order valence-corrected chi connectivity index (χ2v) is 4.33. The molecule has 1 aliphatic carbocycles. The van der Waals surface area contributed by atoms with Crippen LogP contribution in [-0.4, -0.2) is 29.7 Å². The predicted molar refractivity (Wildman–Crippen MR) is 60.6 cm³/mol. The maximum atomic E-state index is 5.34. The predicted octanol–water partition coefficient (Wildman–Crippen LogP) is 0.705. The SMILES string of the molecule is COc1nc(NC2CC2)nc2c1CCNC2. The molecule has 2 aliphatic rings. The highest BCUT2D eigenvalue weighted by Gasteiger charge is 2.24. The smallest absolute Gasteiger partial charge is 0.226 e. The molecule has 0 bridgehead atoms. The number of anilines is 1. The van der Waals surface area contributed by atoms with E-state index >= 15 is 0 Å². The Balaban J connectivity index is 1.94. The number of rotatable bonds is 3. The van der Waals surface area contributed by atoms with E-state index in [1.807, 2.05) is 0 Å². The number of nitrogens with one attached hydrogen (secondary N) is 2. The second-order valence-electron chi connectivity index (χ2n) is 4.33. The van der Waals surface area contributed by atoms with E-state index in [0.29, 0.717) is 12.0 Å². The molecular formula is C11H16N4O. The highest BCUT2D eigenvalue weighted by Crippen LogP contribution is 2.27. The van der Waals surface area contributed by atoms with Crippen LogP contribution in [0.15, 0.2) is 0 Å². The van der Waals surface area contributed by atoms with Crippen molar-refractivity contribution in [3.63, 3.8) is 0 Å². The minimum absolute atomic E-state index is 0.569. The van der Waals surface area contributed by atoms with Crippen LogP contribution in [0.5, 0.6) is 5.88 Å². The fourth-order valence-corrected chi connectivity index (χ4v) is 1.97. The molecule has 0 spiro atoms. The minimum Gasteiger partial charge on any atom is -0.481 e. The molecule has 5 heteroatoms. The molecule has 0 amide bonds. The topological polar surface area (TPSA) is 59.1 Å². The number of aromatic nitrogens is 2. The summed E-state index contributed by atoms with van der Waals surface area (Å²) in [4.78, 5) is 8.95. The van der Waals surface area contributed by atoms with E-state index in [0.717, 1.165) is 36.6 Å². The van der Waals surface area contributed by atoms with Gasteiger partial charge in [-0.2, -0.15) is 4.98 Å². The monoisotopic (exact) mass is 220 g/mol. The quantitative estimate of drug-likeness (QED) is 0.785. The van der Waals surface area contributed by atoms with Gasteiger partial charge in [-0.15, -0.1) is 0 Å². The summed E-state index contributed by atoms with van der Waals surface area (Å²) in [6.07, 6.45) is 3.39. The minimum atomic E-state index is 0.569. The average molecular weight is 220 g/mol. The van der Waals surface area contributed by atoms with Crippen molar-refractivity contribution in [1.82, 2.24) is 15.3 Å². The molecular weight excluding hydrogens is 204 g/mol. The normalized spacial score (nSPS) is 19.1. The van der Waals surface area contributed by atoms with Gasteiger partial charge in [0.25, 0.3) is 0 Å². The third-order valence-electron chi connectivity index (χ3n) is 3.00. The van der Waals surface area contributed by atoms with Crippen LogP contribution in [0.2, 0.25) is 0 Å². The summed E-state index contributed by atoms with van der Waals surface area (Å²) >= 11 is 0. The zero-order valence-electron chi connectivity index (χ0n) is 9.42. The van der Waals surface area contributed by atoms with E-state index in [1.54, 1.807) is 7.11 Å². The fourth-order valence-electron chi connectivity index (χ4n) is 1.97. The van der Waals surface area contributed by atoms with Crippen molar-refractivity contribution in [2.24, 2.45) is 0 Å². The van der Waals surface area contributed by atoms with Crippen molar-refractivity contribution in [2.45, 2.75) is 31.8 Å². The summed E-state index contributed by atoms with van der Waals surface area (Å²) in [5, 5.41) is 6.63. The third kappa shape index (κ3) is 1.82. The van der Waals surface area contributed by atoms with Gasteiger partial charge in [-0.25, -0.2) is 4.98 Å². The first kappa shape index (κ1) is 9.84. The zero-order chi connectivity index (χ0) is 11.0. The molecule has 86 valence electrons. The molecule has 0 saturated heterocycles. The van der Waals surface area contributed by atoms with Gasteiger partial charge < -0.3 is 15.4 Å². The summed E-state index contributed by atoms with van der Waals surface area (Å²) in [7, 11) is 1.67. The number of nitrogens with zero attached hydrogens (tertiary/aromatic N) is 2. The van der Waals surface area contributed by atoms with Gasteiger partial charge in [0.15, 0.2) is 0 Å². The molecule has 1 aliphatic heterocycles. The molecule has 1 saturated carbocycles. The summed E-state index contributed by atoms with van der Waals surface area (Å²) in [5.74, 6) is 1.44. The van der Waals surface area contributed by atoms with Gasteiger partial charge in [-0.3, -0.25) is 0 Å². The summed E-state index contributed by atoms with van der Waals surface area (Å²) in [5.41, 5.74) is 2.23. The van der Waals surface area contributed by atoms with Crippen LogP contribution in [0.4, 0.5) is 5.95 Å². The van der Waals surface area contributed by atoms with Gasteiger partial charge in [0.1, 0.15) is 0 Å². The Morgan fingerprint density at radius 2 is 2.25 bits per heavy atom. The van der Waals surface area contributed by atoms with E-state index in [2.05, 4.69) is 20.6 Å². The van der Waals surface area contributed by atoms with Crippen molar-refractivity contribution < 1.29 is 4.74 Å².